The van der Waals surface area contributed by atoms with Crippen molar-refractivity contribution in [3.05, 3.63) is 135 Å². The fraction of sp³-hybridized carbons (Fsp3) is 0.585. The van der Waals surface area contributed by atoms with Crippen molar-refractivity contribution in [3.8, 4) is 16.4 Å². The summed E-state index contributed by atoms with van der Waals surface area (Å²) in [5.74, 6) is -2.51. The summed E-state index contributed by atoms with van der Waals surface area (Å²) in [7, 11) is -5.21. The zero-order valence-electron chi connectivity index (χ0n) is 63.3. The molecule has 5 saturated carbocycles. The Morgan fingerprint density at radius 3 is 1.60 bits per heavy atom. The number of carbonyl (C=O) groups is 4. The van der Waals surface area contributed by atoms with Crippen LogP contribution in [0.2, 0.25) is 0 Å². The number of quaternary nitrogens is 1. The molecule has 5 aromatic carbocycles. The average molecular weight is 1650 g/mol. The molecule has 103 heavy (non-hydrogen) atoms. The summed E-state index contributed by atoms with van der Waals surface area (Å²) < 4.78 is 99.1. The Morgan fingerprint density at radius 2 is 1.15 bits per heavy atom. The standard InChI is InChI=1S/C20H29F3O7S.C18H13S.C15H29NO2.C13H24O2.C10H14O.C6H4BrIO/c1-4-17(2,3)15(24)30-19-8-12-5-13(9-19)7-18(6-12,11-19)16(25)29-14(20(21,22)23)10-31(26,27)28;1-2-8-14(9-3-1)19-17-12-6-4-10-15(17)16-11-5-7-13-18(16)19;1-8-13(2,3)12(17)18-11-9-14(4,5)16-15(6,7)10-11;1-5-12(2,3)11(14)15-13(4)9-7-6-8-10-13;1-3-8(2)9-4-6-10(11)7-5-9;7-4-1-2-6(9)5(8)3-4/h12-14H,4-11H2,1-3H3,(H,26,27,28);1-13H;11,16H,8-10H2,1-7H3;5-10H2,1-4H3;4-8,11H,3H2,1-2H3;1-3,9H/q;+1;;;;/p-1. The Balaban J connectivity index is 0.000000203. The number of aromatic hydroxyl groups is 1. The van der Waals surface area contributed by atoms with Gasteiger partial charge in [-0.1, -0.05) is 123 Å². The Kier molecular flexibility index (Phi) is 29.9. The Labute approximate surface area is 635 Å². The first-order chi connectivity index (χ1) is 47.7. The minimum Gasteiger partial charge on any atom is -0.872 e. The molecule has 4 unspecified atom stereocenters. The van der Waals surface area contributed by atoms with Gasteiger partial charge in [0.1, 0.15) is 23.1 Å². The molecule has 4 bridgehead atoms. The van der Waals surface area contributed by atoms with E-state index in [0.29, 0.717) is 43.8 Å². The summed E-state index contributed by atoms with van der Waals surface area (Å²) >= 11 is 5.26. The van der Waals surface area contributed by atoms with Crippen LogP contribution in [0.25, 0.3) is 25.1 Å². The minimum absolute atomic E-state index is 0.00100. The first-order valence-corrected chi connectivity index (χ1v) is 41.1. The van der Waals surface area contributed by atoms with Gasteiger partial charge in [-0.15, -0.1) is 0 Å². The molecule has 1 aromatic heterocycles. The number of carbonyl (C=O) groups excluding carboxylic acids is 4. The molecule has 12 rings (SSSR count). The first kappa shape index (κ1) is 86.6. The molecule has 0 amide bonds. The second kappa shape index (κ2) is 35.6. The van der Waals surface area contributed by atoms with Crippen molar-refractivity contribution < 1.29 is 79.8 Å². The van der Waals surface area contributed by atoms with Gasteiger partial charge in [0, 0.05) is 48.5 Å². The molecule has 6 fully saturated rings. The van der Waals surface area contributed by atoms with Crippen molar-refractivity contribution in [1.29, 1.82) is 0 Å². The van der Waals surface area contributed by atoms with E-state index in [1.807, 2.05) is 83.2 Å². The van der Waals surface area contributed by atoms with Gasteiger partial charge >= 0.3 is 30.1 Å². The Bertz CT molecular complexity index is 3840. The molecule has 6 aromatic rings. The lowest BCUT2D eigenvalue weighted by Crippen LogP contribution is -3.06. The summed E-state index contributed by atoms with van der Waals surface area (Å²) in [6, 6.07) is 40.9. The number of nitrogens with two attached hydrogens (primary N) is 1. The maximum absolute atomic E-state index is 13.3. The van der Waals surface area contributed by atoms with E-state index in [2.05, 4.69) is 153 Å². The second-order valence-corrected chi connectivity index (χ2v) is 38.2. The molecule has 14 nitrogen and oxygen atoms in total. The van der Waals surface area contributed by atoms with Crippen molar-refractivity contribution in [1.82, 2.24) is 0 Å². The van der Waals surface area contributed by atoms with Crippen LogP contribution < -0.4 is 10.4 Å². The van der Waals surface area contributed by atoms with Gasteiger partial charge in [-0.2, -0.15) is 13.2 Å². The molecule has 21 heteroatoms. The van der Waals surface area contributed by atoms with Gasteiger partial charge in [-0.05, 0) is 266 Å². The quantitative estimate of drug-likeness (QED) is 0.0303. The number of thiophene rings is 1. The largest absolute Gasteiger partial charge is 0.872 e. The summed E-state index contributed by atoms with van der Waals surface area (Å²) in [5.41, 5.74) is -2.27. The molecule has 1 aliphatic heterocycles. The number of rotatable bonds is 16. The zero-order valence-corrected chi connectivity index (χ0v) is 68.7. The Morgan fingerprint density at radius 1 is 0.670 bits per heavy atom. The van der Waals surface area contributed by atoms with Crippen LogP contribution in [-0.4, -0.2) is 88.4 Å². The highest BCUT2D eigenvalue weighted by molar-refractivity contribution is 14.1. The molecule has 4 atom stereocenters. The lowest BCUT2D eigenvalue weighted by Gasteiger charge is -2.60. The van der Waals surface area contributed by atoms with E-state index in [1.54, 1.807) is 44.2 Å². The van der Waals surface area contributed by atoms with Crippen molar-refractivity contribution in [2.45, 2.75) is 267 Å². The second-order valence-electron chi connectivity index (χ2n) is 32.7. The molecular formula is C82H112BrF3INO13S2. The number of benzene rings is 5. The summed E-state index contributed by atoms with van der Waals surface area (Å²) in [5, 5.41) is 24.9. The highest BCUT2D eigenvalue weighted by Gasteiger charge is 2.64. The third kappa shape index (κ3) is 24.6. The van der Waals surface area contributed by atoms with Crippen LogP contribution >= 0.6 is 49.0 Å². The van der Waals surface area contributed by atoms with Crippen molar-refractivity contribution in [3.63, 3.8) is 0 Å². The van der Waals surface area contributed by atoms with E-state index in [-0.39, 0.29) is 80.0 Å². The van der Waals surface area contributed by atoms with Gasteiger partial charge in [-0.25, -0.2) is 8.42 Å². The van der Waals surface area contributed by atoms with Crippen molar-refractivity contribution in [2.75, 3.05) is 5.75 Å². The number of hydrogen-bond donors (Lipinski definition) is 2. The van der Waals surface area contributed by atoms with Crippen LogP contribution in [0.4, 0.5) is 13.2 Å². The van der Waals surface area contributed by atoms with E-state index >= 15 is 0 Å². The molecular weight excluding hydrogens is 1530 g/mol. The predicted molar refractivity (Wildman–Crippen MR) is 414 cm³/mol. The maximum atomic E-state index is 13.3. The molecule has 570 valence electrons. The number of ether oxygens (including phenoxy) is 4. The van der Waals surface area contributed by atoms with E-state index in [4.69, 9.17) is 19.3 Å². The number of esters is 4. The average Bonchev–Trinajstić information content (AvgIpc) is 1.35. The number of phenolic OH excluding ortho intramolecular Hbond substituents is 1. The van der Waals surface area contributed by atoms with Crippen molar-refractivity contribution >= 4 is 103 Å². The van der Waals surface area contributed by atoms with Crippen LogP contribution in [0.3, 0.4) is 0 Å². The molecule has 5 aliphatic carbocycles. The number of fused-ring (bicyclic) bond motifs is 3. The molecule has 1 saturated heterocycles. The van der Waals surface area contributed by atoms with Gasteiger partial charge < -0.3 is 39.0 Å². The molecule has 6 aliphatic rings. The summed E-state index contributed by atoms with van der Waals surface area (Å²) in [6.07, 6.45) is 5.29. The van der Waals surface area contributed by atoms with E-state index < -0.39 is 56.5 Å². The van der Waals surface area contributed by atoms with Crippen LogP contribution in [0.1, 0.15) is 231 Å². The van der Waals surface area contributed by atoms with E-state index in [1.165, 1.54) is 49.9 Å². The lowest BCUT2D eigenvalue weighted by atomic mass is 9.48. The highest BCUT2D eigenvalue weighted by Crippen LogP contribution is 2.64. The van der Waals surface area contributed by atoms with E-state index in [0.717, 1.165) is 59.4 Å². The number of piperidine rings is 1. The maximum Gasteiger partial charge on any atom is 0.426 e. The summed E-state index contributed by atoms with van der Waals surface area (Å²) in [4.78, 5) is 51.2. The van der Waals surface area contributed by atoms with E-state index in [9.17, 15) is 50.4 Å². The van der Waals surface area contributed by atoms with Gasteiger partial charge in [0.05, 0.1) is 48.6 Å². The molecule has 0 radical (unpaired) electrons. The first-order valence-electron chi connectivity index (χ1n) is 36.4. The smallest absolute Gasteiger partial charge is 0.426 e. The third-order valence-corrected chi connectivity index (χ3v) is 25.7. The normalized spacial score (nSPS) is 21.7. The monoisotopic (exact) mass is 1650 g/mol. The molecule has 3 N–H and O–H groups in total. The van der Waals surface area contributed by atoms with Crippen molar-refractivity contribution in [2.24, 2.45) is 33.5 Å². The SMILES string of the molecule is CCC(C)(C)C(=O)OC1(C)CCCCC1.CCC(C)(C)C(=O)OC12CC3CC(C1)CC(C(=O)OC(CS(=O)(=O)[O-])C(F)(F)F)(C3)C2.CCC(C)(C)C(=O)OC1CC(C)(C)[NH2+]C(C)(C)C1.CCC(C)c1ccc(O)cc1.[O-]c1ccc(Br)cc1I.c1ccc(-[s+]2c3ccccc3c3ccccc32)cc1. The number of halogens is 5. The Hall–Kier alpha value is -5.33. The van der Waals surface area contributed by atoms with Gasteiger partial charge in [0.2, 0.25) is 6.10 Å². The molecule has 2 heterocycles. The predicted octanol–water partition coefficient (Wildman–Crippen LogP) is 20.0. The van der Waals surface area contributed by atoms with Gasteiger partial charge in [0.15, 0.2) is 14.3 Å². The van der Waals surface area contributed by atoms with Gasteiger partial charge in [0.25, 0.3) is 0 Å². The fourth-order valence-electron chi connectivity index (χ4n) is 14.7. The van der Waals surface area contributed by atoms with Crippen LogP contribution in [0, 0.1) is 37.1 Å². The zero-order chi connectivity index (χ0) is 77.0. The van der Waals surface area contributed by atoms with Gasteiger partial charge in [-0.3, -0.25) is 19.2 Å². The minimum atomic E-state index is -5.27. The third-order valence-electron chi connectivity index (χ3n) is 21.3. The van der Waals surface area contributed by atoms with Crippen LogP contribution in [0.15, 0.2) is 126 Å². The highest BCUT2D eigenvalue weighted by atomic mass is 127. The molecule has 0 spiro atoms. The lowest BCUT2D eigenvalue weighted by molar-refractivity contribution is -0.789. The number of phenols is 1. The van der Waals surface area contributed by atoms with Crippen LogP contribution in [0.5, 0.6) is 11.5 Å². The summed E-state index contributed by atoms with van der Waals surface area (Å²) in [6.45, 7) is 32.6. The number of hydrogen-bond acceptors (Lipinski definition) is 13. The fourth-order valence-corrected chi connectivity index (χ4v) is 19.0. The van der Waals surface area contributed by atoms with Crippen LogP contribution in [-0.2, 0) is 48.2 Å². The number of alkyl halides is 3. The topological polar surface area (TPSA) is 222 Å².